The lowest BCUT2D eigenvalue weighted by atomic mass is 10.0. The van der Waals surface area contributed by atoms with E-state index >= 15 is 0 Å². The molecule has 2 aromatic carbocycles. The second-order valence-electron chi connectivity index (χ2n) is 5.99. The molecule has 1 heterocycles. The van der Waals surface area contributed by atoms with E-state index in [1.54, 1.807) is 0 Å². The summed E-state index contributed by atoms with van der Waals surface area (Å²) in [6.45, 7) is 4.61. The van der Waals surface area contributed by atoms with Gasteiger partial charge in [0.2, 0.25) is 0 Å². The van der Waals surface area contributed by atoms with Crippen LogP contribution < -0.4 is 4.74 Å². The van der Waals surface area contributed by atoms with Gasteiger partial charge in [0.05, 0.1) is 5.52 Å². The lowest BCUT2D eigenvalue weighted by Crippen LogP contribution is -2.02. The van der Waals surface area contributed by atoms with Crippen molar-refractivity contribution < 1.29 is 4.74 Å². The van der Waals surface area contributed by atoms with Crippen LogP contribution in [-0.2, 0) is 6.61 Å². The number of fused-ring (bicyclic) bond motifs is 1. The maximum absolute atomic E-state index is 8.30. The summed E-state index contributed by atoms with van der Waals surface area (Å²) in [6.07, 6.45) is 1.75. The van der Waals surface area contributed by atoms with Gasteiger partial charge in [-0.15, -0.1) is 0 Å². The summed E-state index contributed by atoms with van der Waals surface area (Å²) in [5, 5.41) is 9.32. The van der Waals surface area contributed by atoms with Crippen LogP contribution in [0.3, 0.4) is 0 Å². The fraction of sp³-hybridized carbons (Fsp3) is 0.238. The third-order valence-electron chi connectivity index (χ3n) is 3.98. The minimum atomic E-state index is 0.538. The number of aryl methyl sites for hydroxylation is 1. The highest BCUT2D eigenvalue weighted by Gasteiger charge is 2.09. The van der Waals surface area contributed by atoms with Crippen LogP contribution in [0.2, 0.25) is 0 Å². The van der Waals surface area contributed by atoms with E-state index in [2.05, 4.69) is 11.9 Å². The van der Waals surface area contributed by atoms with Crippen LogP contribution in [0.25, 0.3) is 10.9 Å². The molecule has 1 aromatic heterocycles. The van der Waals surface area contributed by atoms with Gasteiger partial charge >= 0.3 is 0 Å². The minimum absolute atomic E-state index is 0.538. The van der Waals surface area contributed by atoms with E-state index in [0.29, 0.717) is 12.3 Å². The highest BCUT2D eigenvalue weighted by atomic mass is 16.5. The molecule has 0 bridgehead atoms. The Labute approximate surface area is 142 Å². The van der Waals surface area contributed by atoms with Gasteiger partial charge in [-0.05, 0) is 37.1 Å². The van der Waals surface area contributed by atoms with E-state index in [4.69, 9.17) is 10.1 Å². The molecule has 24 heavy (non-hydrogen) atoms. The van der Waals surface area contributed by atoms with Crippen LogP contribution in [0.1, 0.15) is 36.6 Å². The molecule has 0 fully saturated rings. The van der Waals surface area contributed by atoms with Crippen molar-refractivity contribution in [3.63, 3.8) is 0 Å². The molecule has 0 unspecified atom stereocenters. The van der Waals surface area contributed by atoms with E-state index in [0.717, 1.165) is 46.3 Å². The van der Waals surface area contributed by atoms with Crippen LogP contribution in [0.4, 0.5) is 0 Å². The molecule has 0 radical (unpaired) electrons. The summed E-state index contributed by atoms with van der Waals surface area (Å²) in [6, 6.07) is 18.1. The van der Waals surface area contributed by atoms with Crippen molar-refractivity contribution >= 4 is 16.6 Å². The van der Waals surface area contributed by atoms with Crippen molar-refractivity contribution in [1.29, 1.82) is 5.41 Å². The number of nitrogens with one attached hydrogen (secondary N) is 1. The number of rotatable bonds is 6. The molecule has 3 aromatic rings. The smallest absolute Gasteiger partial charge is 0.122 e. The second-order valence-corrected chi connectivity index (χ2v) is 5.99. The first-order valence-electron chi connectivity index (χ1n) is 8.33. The standard InChI is InChI=1S/C21H22N2O/c1-3-7-20(22)19-12-15(2)23-21-13-17(10-11-18(19)21)24-14-16-8-5-4-6-9-16/h4-6,8-13,22H,3,7,14H2,1-2H3. The maximum Gasteiger partial charge on any atom is 0.122 e. The first-order valence-corrected chi connectivity index (χ1v) is 8.33. The molecule has 122 valence electrons. The highest BCUT2D eigenvalue weighted by Crippen LogP contribution is 2.25. The van der Waals surface area contributed by atoms with Gasteiger partial charge in [0.1, 0.15) is 12.4 Å². The Morgan fingerprint density at radius 2 is 1.88 bits per heavy atom. The molecule has 0 saturated carbocycles. The normalized spacial score (nSPS) is 10.8. The summed E-state index contributed by atoms with van der Waals surface area (Å²) in [5.41, 5.74) is 4.61. The van der Waals surface area contributed by atoms with Crippen molar-refractivity contribution in [2.75, 3.05) is 0 Å². The zero-order valence-electron chi connectivity index (χ0n) is 14.2. The molecule has 0 aliphatic heterocycles. The number of ether oxygens (including phenoxy) is 1. The molecule has 0 saturated heterocycles. The fourth-order valence-corrected chi connectivity index (χ4v) is 2.81. The third kappa shape index (κ3) is 3.62. The Morgan fingerprint density at radius 3 is 2.62 bits per heavy atom. The number of hydrogen-bond donors (Lipinski definition) is 1. The zero-order valence-corrected chi connectivity index (χ0v) is 14.2. The topological polar surface area (TPSA) is 46.0 Å². The minimum Gasteiger partial charge on any atom is -0.489 e. The SMILES string of the molecule is CCCC(=N)c1cc(C)nc2cc(OCc3ccccc3)ccc12. The summed E-state index contributed by atoms with van der Waals surface area (Å²) < 4.78 is 5.89. The molecule has 0 aliphatic carbocycles. The predicted octanol–water partition coefficient (Wildman–Crippen LogP) is 5.29. The Morgan fingerprint density at radius 1 is 1.08 bits per heavy atom. The van der Waals surface area contributed by atoms with Gasteiger partial charge in [0, 0.05) is 28.4 Å². The second kappa shape index (κ2) is 7.26. The van der Waals surface area contributed by atoms with Crippen LogP contribution in [0, 0.1) is 12.3 Å². The number of nitrogens with zero attached hydrogens (tertiary/aromatic N) is 1. The summed E-state index contributed by atoms with van der Waals surface area (Å²) in [5.74, 6) is 0.803. The predicted molar refractivity (Wildman–Crippen MR) is 99.0 cm³/mol. The summed E-state index contributed by atoms with van der Waals surface area (Å²) in [4.78, 5) is 4.62. The van der Waals surface area contributed by atoms with Crippen LogP contribution in [-0.4, -0.2) is 10.7 Å². The third-order valence-corrected chi connectivity index (χ3v) is 3.98. The zero-order chi connectivity index (χ0) is 16.9. The largest absolute Gasteiger partial charge is 0.489 e. The Kier molecular flexibility index (Phi) is 4.90. The van der Waals surface area contributed by atoms with Crippen LogP contribution >= 0.6 is 0 Å². The molecule has 0 aliphatic rings. The quantitative estimate of drug-likeness (QED) is 0.628. The van der Waals surface area contributed by atoms with Gasteiger partial charge in [0.25, 0.3) is 0 Å². The maximum atomic E-state index is 8.30. The number of aromatic nitrogens is 1. The van der Waals surface area contributed by atoms with E-state index in [1.807, 2.05) is 61.5 Å². The fourth-order valence-electron chi connectivity index (χ4n) is 2.81. The van der Waals surface area contributed by atoms with E-state index in [9.17, 15) is 0 Å². The average molecular weight is 318 g/mol. The highest BCUT2D eigenvalue weighted by molar-refractivity contribution is 6.08. The lowest BCUT2D eigenvalue weighted by molar-refractivity contribution is 0.306. The number of benzene rings is 2. The molecule has 1 N–H and O–H groups in total. The van der Waals surface area contributed by atoms with Gasteiger partial charge in [-0.25, -0.2) is 0 Å². The Balaban J connectivity index is 1.89. The molecule has 0 amide bonds. The summed E-state index contributed by atoms with van der Waals surface area (Å²) in [7, 11) is 0. The lowest BCUT2D eigenvalue weighted by Gasteiger charge is -2.11. The molecule has 0 atom stereocenters. The Bertz CT molecular complexity index is 856. The van der Waals surface area contributed by atoms with Crippen molar-refractivity contribution in [2.45, 2.75) is 33.3 Å². The van der Waals surface area contributed by atoms with E-state index < -0.39 is 0 Å². The molecule has 3 nitrogen and oxygen atoms in total. The molecule has 3 rings (SSSR count). The van der Waals surface area contributed by atoms with E-state index in [-0.39, 0.29) is 0 Å². The monoisotopic (exact) mass is 318 g/mol. The van der Waals surface area contributed by atoms with Crippen LogP contribution in [0.15, 0.2) is 54.6 Å². The van der Waals surface area contributed by atoms with Crippen molar-refractivity contribution in [1.82, 2.24) is 4.98 Å². The van der Waals surface area contributed by atoms with Crippen LogP contribution in [0.5, 0.6) is 5.75 Å². The van der Waals surface area contributed by atoms with E-state index in [1.165, 1.54) is 0 Å². The van der Waals surface area contributed by atoms with Crippen molar-refractivity contribution in [3.05, 3.63) is 71.4 Å². The average Bonchev–Trinajstić information content (AvgIpc) is 2.60. The van der Waals surface area contributed by atoms with Crippen molar-refractivity contribution in [3.8, 4) is 5.75 Å². The van der Waals surface area contributed by atoms with Gasteiger partial charge in [-0.2, -0.15) is 0 Å². The molecular weight excluding hydrogens is 296 g/mol. The molecule has 3 heteroatoms. The summed E-state index contributed by atoms with van der Waals surface area (Å²) >= 11 is 0. The first kappa shape index (κ1) is 16.2. The van der Waals surface area contributed by atoms with Gasteiger partial charge < -0.3 is 10.1 Å². The van der Waals surface area contributed by atoms with Gasteiger partial charge in [-0.3, -0.25) is 4.98 Å². The molecule has 0 spiro atoms. The van der Waals surface area contributed by atoms with Crippen molar-refractivity contribution in [2.24, 2.45) is 0 Å². The first-order chi connectivity index (χ1) is 11.7. The molecular formula is C21H22N2O. The van der Waals surface area contributed by atoms with Gasteiger partial charge in [-0.1, -0.05) is 43.7 Å². The Hall–Kier alpha value is -2.68. The number of hydrogen-bond acceptors (Lipinski definition) is 3. The van der Waals surface area contributed by atoms with Gasteiger partial charge in [0.15, 0.2) is 0 Å². The number of pyridine rings is 1.